The van der Waals surface area contributed by atoms with E-state index in [2.05, 4.69) is 10.2 Å². The monoisotopic (exact) mass is 308 g/mol. The van der Waals surface area contributed by atoms with E-state index in [1.165, 1.54) is 38.8 Å². The molecule has 3 nitrogen and oxygen atoms in total. The summed E-state index contributed by atoms with van der Waals surface area (Å²) in [6.07, 6.45) is 6.37. The van der Waals surface area contributed by atoms with Gasteiger partial charge in [0.2, 0.25) is 0 Å². The summed E-state index contributed by atoms with van der Waals surface area (Å²) in [4.78, 5) is 2.52. The number of hydrogen-bond acceptors (Lipinski definition) is 3. The summed E-state index contributed by atoms with van der Waals surface area (Å²) in [7, 11) is 0. The molecular weight excluding hydrogens is 284 g/mol. The quantitative estimate of drug-likeness (QED) is 0.744. The van der Waals surface area contributed by atoms with Gasteiger partial charge in [0.05, 0.1) is 6.61 Å². The van der Waals surface area contributed by atoms with E-state index in [4.69, 9.17) is 16.3 Å². The topological polar surface area (TPSA) is 24.5 Å². The second-order valence-corrected chi connectivity index (χ2v) is 6.53. The molecular formula is C17H25ClN2O. The van der Waals surface area contributed by atoms with Gasteiger partial charge >= 0.3 is 0 Å². The van der Waals surface area contributed by atoms with Crippen molar-refractivity contribution in [2.24, 2.45) is 0 Å². The van der Waals surface area contributed by atoms with E-state index in [1.807, 2.05) is 18.2 Å². The average molecular weight is 309 g/mol. The van der Waals surface area contributed by atoms with E-state index in [0.29, 0.717) is 6.04 Å². The van der Waals surface area contributed by atoms with Gasteiger partial charge in [0.25, 0.3) is 0 Å². The third-order valence-electron chi connectivity index (χ3n) is 4.30. The van der Waals surface area contributed by atoms with Crippen LogP contribution in [0.25, 0.3) is 0 Å². The molecule has 1 saturated carbocycles. The summed E-state index contributed by atoms with van der Waals surface area (Å²) in [5.74, 6) is 0.942. The summed E-state index contributed by atoms with van der Waals surface area (Å²) in [6.45, 7) is 5.25. The zero-order valence-electron chi connectivity index (χ0n) is 12.6. The smallest absolute Gasteiger partial charge is 0.125 e. The number of halogens is 1. The highest BCUT2D eigenvalue weighted by Gasteiger charge is 2.21. The van der Waals surface area contributed by atoms with Gasteiger partial charge in [-0.25, -0.2) is 0 Å². The molecule has 1 aromatic rings. The van der Waals surface area contributed by atoms with Crippen LogP contribution in [0.1, 0.15) is 37.7 Å². The first-order chi connectivity index (χ1) is 10.3. The van der Waals surface area contributed by atoms with Crippen LogP contribution in [-0.4, -0.2) is 37.2 Å². The van der Waals surface area contributed by atoms with Crippen molar-refractivity contribution in [3.05, 3.63) is 28.8 Å². The predicted octanol–water partition coefficient (Wildman–Crippen LogP) is 3.46. The van der Waals surface area contributed by atoms with Crippen LogP contribution in [0.4, 0.5) is 0 Å². The minimum absolute atomic E-state index is 0.685. The lowest BCUT2D eigenvalue weighted by atomic mass is 10.2. The maximum absolute atomic E-state index is 6.32. The molecule has 1 aromatic carbocycles. The molecule has 0 aromatic heterocycles. The Kier molecular flexibility index (Phi) is 5.39. The minimum atomic E-state index is 0.685. The van der Waals surface area contributed by atoms with Crippen molar-refractivity contribution in [2.75, 3.05) is 26.2 Å². The molecule has 0 bridgehead atoms. The molecule has 0 radical (unpaired) electrons. The molecule has 2 aliphatic rings. The third kappa shape index (κ3) is 4.60. The highest BCUT2D eigenvalue weighted by molar-refractivity contribution is 6.31. The molecule has 0 spiro atoms. The summed E-state index contributed by atoms with van der Waals surface area (Å²) in [5, 5.41) is 4.32. The standard InChI is InChI=1S/C17H25ClN2O/c18-16-5-3-6-17(15(16)13-19-14-7-8-14)21-12-4-11-20-9-1-2-10-20/h3,5-6,14,19H,1-2,4,7-13H2. The van der Waals surface area contributed by atoms with Crippen molar-refractivity contribution in [1.82, 2.24) is 10.2 Å². The lowest BCUT2D eigenvalue weighted by Crippen LogP contribution is -2.22. The molecule has 1 heterocycles. The third-order valence-corrected chi connectivity index (χ3v) is 4.65. The maximum Gasteiger partial charge on any atom is 0.125 e. The van der Waals surface area contributed by atoms with Crippen LogP contribution in [0.15, 0.2) is 18.2 Å². The Morgan fingerprint density at radius 1 is 1.24 bits per heavy atom. The lowest BCUT2D eigenvalue weighted by molar-refractivity contribution is 0.261. The number of rotatable bonds is 8. The zero-order chi connectivity index (χ0) is 14.5. The first-order valence-corrected chi connectivity index (χ1v) is 8.56. The van der Waals surface area contributed by atoms with Crippen LogP contribution in [0.3, 0.4) is 0 Å². The fraction of sp³-hybridized carbons (Fsp3) is 0.647. The Hall–Kier alpha value is -0.770. The fourth-order valence-corrected chi connectivity index (χ4v) is 3.09. The number of hydrogen-bond donors (Lipinski definition) is 1. The molecule has 1 aliphatic heterocycles. The van der Waals surface area contributed by atoms with Crippen LogP contribution in [0, 0.1) is 0 Å². The number of likely N-dealkylation sites (tertiary alicyclic amines) is 1. The van der Waals surface area contributed by atoms with Gasteiger partial charge in [-0.1, -0.05) is 17.7 Å². The van der Waals surface area contributed by atoms with Gasteiger partial charge in [-0.05, 0) is 57.3 Å². The summed E-state index contributed by atoms with van der Waals surface area (Å²) >= 11 is 6.32. The Labute approximate surface area is 132 Å². The summed E-state index contributed by atoms with van der Waals surface area (Å²) in [5.41, 5.74) is 1.10. The molecule has 4 heteroatoms. The van der Waals surface area contributed by atoms with E-state index in [9.17, 15) is 0 Å². The van der Waals surface area contributed by atoms with Crippen LogP contribution < -0.4 is 10.1 Å². The first-order valence-electron chi connectivity index (χ1n) is 8.19. The van der Waals surface area contributed by atoms with E-state index < -0.39 is 0 Å². The first kappa shape index (κ1) is 15.1. The molecule has 0 amide bonds. The van der Waals surface area contributed by atoms with Crippen molar-refractivity contribution in [3.8, 4) is 5.75 Å². The molecule has 1 saturated heterocycles. The number of nitrogens with one attached hydrogen (secondary N) is 1. The van der Waals surface area contributed by atoms with E-state index in [1.54, 1.807) is 0 Å². The highest BCUT2D eigenvalue weighted by Crippen LogP contribution is 2.28. The highest BCUT2D eigenvalue weighted by atomic mass is 35.5. The Balaban J connectivity index is 1.47. The van der Waals surface area contributed by atoms with Crippen molar-refractivity contribution in [1.29, 1.82) is 0 Å². The molecule has 2 fully saturated rings. The van der Waals surface area contributed by atoms with Gasteiger partial charge in [0.15, 0.2) is 0 Å². The second kappa shape index (κ2) is 7.48. The van der Waals surface area contributed by atoms with Crippen LogP contribution >= 0.6 is 11.6 Å². The van der Waals surface area contributed by atoms with Crippen LogP contribution in [-0.2, 0) is 6.54 Å². The number of benzene rings is 1. The molecule has 116 valence electrons. The SMILES string of the molecule is Clc1cccc(OCCCN2CCCC2)c1CNC1CC1. The molecule has 0 unspecified atom stereocenters. The molecule has 1 N–H and O–H groups in total. The van der Waals surface area contributed by atoms with Gasteiger partial charge in [-0.2, -0.15) is 0 Å². The fourth-order valence-electron chi connectivity index (χ4n) is 2.86. The van der Waals surface area contributed by atoms with Crippen molar-refractivity contribution >= 4 is 11.6 Å². The zero-order valence-corrected chi connectivity index (χ0v) is 13.4. The van der Waals surface area contributed by atoms with E-state index in [-0.39, 0.29) is 0 Å². The van der Waals surface area contributed by atoms with E-state index in [0.717, 1.165) is 42.5 Å². The predicted molar refractivity (Wildman–Crippen MR) is 87.1 cm³/mol. The van der Waals surface area contributed by atoms with Crippen LogP contribution in [0.5, 0.6) is 5.75 Å². The van der Waals surface area contributed by atoms with Crippen molar-refractivity contribution in [3.63, 3.8) is 0 Å². The second-order valence-electron chi connectivity index (χ2n) is 6.12. The van der Waals surface area contributed by atoms with Crippen LogP contribution in [0.2, 0.25) is 5.02 Å². The van der Waals surface area contributed by atoms with Gasteiger partial charge in [-0.15, -0.1) is 0 Å². The van der Waals surface area contributed by atoms with Gasteiger partial charge < -0.3 is 15.0 Å². The van der Waals surface area contributed by atoms with Gasteiger partial charge in [0.1, 0.15) is 5.75 Å². The number of ether oxygens (including phenoxy) is 1. The molecule has 0 atom stereocenters. The largest absolute Gasteiger partial charge is 0.493 e. The Morgan fingerprint density at radius 3 is 2.81 bits per heavy atom. The Morgan fingerprint density at radius 2 is 2.05 bits per heavy atom. The van der Waals surface area contributed by atoms with Crippen molar-refractivity contribution < 1.29 is 4.74 Å². The number of nitrogens with zero attached hydrogens (tertiary/aromatic N) is 1. The normalized spacial score (nSPS) is 19.1. The minimum Gasteiger partial charge on any atom is -0.493 e. The Bertz CT molecular complexity index is 456. The lowest BCUT2D eigenvalue weighted by Gasteiger charge is -2.16. The van der Waals surface area contributed by atoms with Crippen molar-refractivity contribution in [2.45, 2.75) is 44.7 Å². The molecule has 21 heavy (non-hydrogen) atoms. The van der Waals surface area contributed by atoms with E-state index >= 15 is 0 Å². The molecule has 3 rings (SSSR count). The van der Waals surface area contributed by atoms with Gasteiger partial charge in [0, 0.05) is 29.7 Å². The van der Waals surface area contributed by atoms with Gasteiger partial charge in [-0.3, -0.25) is 0 Å². The summed E-state index contributed by atoms with van der Waals surface area (Å²) < 4.78 is 5.98. The maximum atomic E-state index is 6.32. The summed E-state index contributed by atoms with van der Waals surface area (Å²) in [6, 6.07) is 6.64. The molecule has 1 aliphatic carbocycles. The average Bonchev–Trinajstić information content (AvgIpc) is 3.17.